The summed E-state index contributed by atoms with van der Waals surface area (Å²) in [4.78, 5) is 5.56. The highest BCUT2D eigenvalue weighted by Gasteiger charge is 1.97. The Morgan fingerprint density at radius 1 is 1.31 bits per heavy atom. The van der Waals surface area contributed by atoms with Crippen LogP contribution in [-0.2, 0) is 6.54 Å². The maximum Gasteiger partial charge on any atom is 0.0897 e. The zero-order chi connectivity index (χ0) is 11.8. The van der Waals surface area contributed by atoms with E-state index < -0.39 is 0 Å². The van der Waals surface area contributed by atoms with Gasteiger partial charge in [0.05, 0.1) is 5.01 Å². The zero-order valence-corrected chi connectivity index (χ0v) is 11.4. The van der Waals surface area contributed by atoms with Gasteiger partial charge in [-0.05, 0) is 32.9 Å². The molecule has 0 spiro atoms. The maximum absolute atomic E-state index is 4.23. The first-order valence-corrected chi connectivity index (χ1v) is 6.85. The summed E-state index contributed by atoms with van der Waals surface area (Å²) in [5, 5.41) is 8.02. The molecular formula is C12H23N3S. The van der Waals surface area contributed by atoms with Gasteiger partial charge in [0.2, 0.25) is 0 Å². The molecule has 1 rings (SSSR count). The molecule has 0 atom stereocenters. The van der Waals surface area contributed by atoms with E-state index in [1.54, 1.807) is 11.3 Å². The molecule has 0 saturated heterocycles. The van der Waals surface area contributed by atoms with Crippen LogP contribution in [0.2, 0.25) is 0 Å². The molecule has 0 saturated carbocycles. The highest BCUT2D eigenvalue weighted by Crippen LogP contribution is 2.10. The molecule has 0 unspecified atom stereocenters. The minimum Gasteiger partial charge on any atom is -0.315 e. The Bertz CT molecular complexity index is 284. The van der Waals surface area contributed by atoms with Crippen molar-refractivity contribution in [2.45, 2.75) is 46.2 Å². The molecule has 16 heavy (non-hydrogen) atoms. The van der Waals surface area contributed by atoms with Crippen molar-refractivity contribution in [1.29, 1.82) is 0 Å². The van der Waals surface area contributed by atoms with E-state index in [9.17, 15) is 0 Å². The van der Waals surface area contributed by atoms with Gasteiger partial charge in [0.15, 0.2) is 0 Å². The van der Waals surface area contributed by atoms with E-state index in [2.05, 4.69) is 29.5 Å². The summed E-state index contributed by atoms with van der Waals surface area (Å²) in [6, 6.07) is 0.605. The van der Waals surface area contributed by atoms with Crippen molar-refractivity contribution in [1.82, 2.24) is 15.6 Å². The molecule has 4 heteroatoms. The van der Waals surface area contributed by atoms with Crippen LogP contribution in [0.3, 0.4) is 0 Å². The smallest absolute Gasteiger partial charge is 0.0897 e. The fourth-order valence-corrected chi connectivity index (χ4v) is 2.23. The van der Waals surface area contributed by atoms with Crippen molar-refractivity contribution in [3.8, 4) is 0 Å². The minimum atomic E-state index is 0.605. The summed E-state index contributed by atoms with van der Waals surface area (Å²) < 4.78 is 0. The number of unbranched alkanes of at least 4 members (excludes halogenated alkanes) is 1. The molecule has 0 aromatic carbocycles. The molecule has 2 N–H and O–H groups in total. The summed E-state index contributed by atoms with van der Waals surface area (Å²) in [5.41, 5.74) is 0. The van der Waals surface area contributed by atoms with Gasteiger partial charge in [0.1, 0.15) is 0 Å². The number of rotatable bonds is 8. The molecule has 1 heterocycles. The van der Waals surface area contributed by atoms with Crippen molar-refractivity contribution in [2.24, 2.45) is 0 Å². The quantitative estimate of drug-likeness (QED) is 0.686. The van der Waals surface area contributed by atoms with E-state index in [4.69, 9.17) is 0 Å². The molecule has 0 amide bonds. The van der Waals surface area contributed by atoms with Crippen molar-refractivity contribution < 1.29 is 0 Å². The van der Waals surface area contributed by atoms with Crippen LogP contribution in [0, 0.1) is 6.92 Å². The van der Waals surface area contributed by atoms with Gasteiger partial charge < -0.3 is 10.6 Å². The minimum absolute atomic E-state index is 0.605. The fraction of sp³-hybridized carbons (Fsp3) is 0.750. The fourth-order valence-electron chi connectivity index (χ4n) is 1.46. The molecule has 0 fully saturated rings. The Labute approximate surface area is 103 Å². The lowest BCUT2D eigenvalue weighted by Crippen LogP contribution is -2.24. The van der Waals surface area contributed by atoms with Gasteiger partial charge in [-0.15, -0.1) is 11.3 Å². The molecule has 1 aromatic rings. The van der Waals surface area contributed by atoms with Crippen molar-refractivity contribution >= 4 is 11.3 Å². The third kappa shape index (κ3) is 6.20. The largest absolute Gasteiger partial charge is 0.315 e. The van der Waals surface area contributed by atoms with E-state index in [0.717, 1.165) is 24.6 Å². The Morgan fingerprint density at radius 3 is 2.69 bits per heavy atom. The highest BCUT2D eigenvalue weighted by molar-refractivity contribution is 7.11. The lowest BCUT2D eigenvalue weighted by atomic mass is 10.3. The van der Waals surface area contributed by atoms with Crippen LogP contribution in [0.15, 0.2) is 6.20 Å². The predicted molar refractivity (Wildman–Crippen MR) is 70.9 cm³/mol. The van der Waals surface area contributed by atoms with Crippen LogP contribution < -0.4 is 10.6 Å². The van der Waals surface area contributed by atoms with Crippen LogP contribution in [0.25, 0.3) is 0 Å². The van der Waals surface area contributed by atoms with E-state index in [1.807, 2.05) is 13.1 Å². The second kappa shape index (κ2) is 7.76. The van der Waals surface area contributed by atoms with E-state index >= 15 is 0 Å². The number of hydrogen-bond donors (Lipinski definition) is 2. The number of aryl methyl sites for hydroxylation is 1. The van der Waals surface area contributed by atoms with E-state index in [0.29, 0.717) is 6.04 Å². The van der Waals surface area contributed by atoms with Gasteiger partial charge >= 0.3 is 0 Å². The van der Waals surface area contributed by atoms with Crippen molar-refractivity contribution in [3.63, 3.8) is 0 Å². The standard InChI is InChI=1S/C12H23N3S/c1-10(2)14-7-5-4-6-13-8-12-9-15-11(3)16-12/h9-10,13-14H,4-8H2,1-3H3. The number of hydrogen-bond acceptors (Lipinski definition) is 4. The van der Waals surface area contributed by atoms with Gasteiger partial charge in [-0.3, -0.25) is 0 Å². The molecule has 0 aliphatic heterocycles. The second-order valence-corrected chi connectivity index (χ2v) is 5.66. The second-order valence-electron chi connectivity index (χ2n) is 4.34. The predicted octanol–water partition coefficient (Wildman–Crippen LogP) is 2.32. The van der Waals surface area contributed by atoms with Gasteiger partial charge in [-0.1, -0.05) is 13.8 Å². The molecule has 1 aromatic heterocycles. The Balaban J connectivity index is 1.92. The maximum atomic E-state index is 4.23. The molecular weight excluding hydrogens is 218 g/mol. The van der Waals surface area contributed by atoms with Crippen LogP contribution in [0.4, 0.5) is 0 Å². The van der Waals surface area contributed by atoms with E-state index in [1.165, 1.54) is 17.7 Å². The summed E-state index contributed by atoms with van der Waals surface area (Å²) in [6.07, 6.45) is 4.44. The first-order valence-electron chi connectivity index (χ1n) is 6.04. The average molecular weight is 241 g/mol. The molecule has 0 bridgehead atoms. The molecule has 3 nitrogen and oxygen atoms in total. The topological polar surface area (TPSA) is 37.0 Å². The summed E-state index contributed by atoms with van der Waals surface area (Å²) >= 11 is 1.77. The van der Waals surface area contributed by atoms with Crippen LogP contribution in [0.1, 0.15) is 36.6 Å². The van der Waals surface area contributed by atoms with E-state index in [-0.39, 0.29) is 0 Å². The van der Waals surface area contributed by atoms with Crippen molar-refractivity contribution in [3.05, 3.63) is 16.1 Å². The first-order chi connectivity index (χ1) is 7.68. The summed E-state index contributed by atoms with van der Waals surface area (Å²) in [6.45, 7) is 9.60. The summed E-state index contributed by atoms with van der Waals surface area (Å²) in [5.74, 6) is 0. The molecule has 0 aliphatic carbocycles. The molecule has 0 aliphatic rings. The van der Waals surface area contributed by atoms with Crippen LogP contribution in [-0.4, -0.2) is 24.1 Å². The molecule has 0 radical (unpaired) electrons. The van der Waals surface area contributed by atoms with Gasteiger partial charge in [-0.2, -0.15) is 0 Å². The Hall–Kier alpha value is -0.450. The Kier molecular flexibility index (Phi) is 6.61. The monoisotopic (exact) mass is 241 g/mol. The summed E-state index contributed by atoms with van der Waals surface area (Å²) in [7, 11) is 0. The zero-order valence-electron chi connectivity index (χ0n) is 10.5. The number of aromatic nitrogens is 1. The van der Waals surface area contributed by atoms with Crippen LogP contribution in [0.5, 0.6) is 0 Å². The van der Waals surface area contributed by atoms with Gasteiger partial charge in [0, 0.05) is 23.7 Å². The van der Waals surface area contributed by atoms with Gasteiger partial charge in [0.25, 0.3) is 0 Å². The SMILES string of the molecule is Cc1ncc(CNCCCCNC(C)C)s1. The lowest BCUT2D eigenvalue weighted by Gasteiger charge is -2.07. The average Bonchev–Trinajstić information content (AvgIpc) is 2.62. The third-order valence-electron chi connectivity index (χ3n) is 2.30. The Morgan fingerprint density at radius 2 is 2.06 bits per heavy atom. The third-order valence-corrected chi connectivity index (χ3v) is 3.21. The van der Waals surface area contributed by atoms with Gasteiger partial charge in [-0.25, -0.2) is 4.98 Å². The lowest BCUT2D eigenvalue weighted by molar-refractivity contribution is 0.542. The molecule has 92 valence electrons. The normalized spacial score (nSPS) is 11.2. The van der Waals surface area contributed by atoms with Crippen molar-refractivity contribution in [2.75, 3.05) is 13.1 Å². The number of thiazole rings is 1. The highest BCUT2D eigenvalue weighted by atomic mass is 32.1. The number of nitrogens with zero attached hydrogens (tertiary/aromatic N) is 1. The van der Waals surface area contributed by atoms with Crippen LogP contribution >= 0.6 is 11.3 Å². The first kappa shape index (κ1) is 13.6. The number of nitrogens with one attached hydrogen (secondary N) is 2.